The lowest BCUT2D eigenvalue weighted by Gasteiger charge is -2.07. The Kier molecular flexibility index (Phi) is 2.97. The van der Waals surface area contributed by atoms with Gasteiger partial charge in [-0.25, -0.2) is 4.98 Å². The Balaban J connectivity index is 2.27. The van der Waals surface area contributed by atoms with Crippen molar-refractivity contribution in [3.05, 3.63) is 47.1 Å². The molecule has 1 heterocycles. The van der Waals surface area contributed by atoms with E-state index < -0.39 is 0 Å². The van der Waals surface area contributed by atoms with E-state index in [1.165, 1.54) is 0 Å². The monoisotopic (exact) mass is 234 g/mol. The first-order valence-electron chi connectivity index (χ1n) is 4.81. The summed E-state index contributed by atoms with van der Waals surface area (Å²) in [6.45, 7) is 1.89. The van der Waals surface area contributed by atoms with E-state index in [4.69, 9.17) is 22.1 Å². The Morgan fingerprint density at radius 3 is 2.81 bits per heavy atom. The van der Waals surface area contributed by atoms with Gasteiger partial charge in [-0.2, -0.15) is 0 Å². The van der Waals surface area contributed by atoms with Crippen LogP contribution in [0, 0.1) is 6.92 Å². The number of nitrogens with zero attached hydrogens (tertiary/aromatic N) is 1. The summed E-state index contributed by atoms with van der Waals surface area (Å²) in [5, 5.41) is 0.630. The number of halogens is 1. The summed E-state index contributed by atoms with van der Waals surface area (Å²) in [6, 6.07) is 8.98. The van der Waals surface area contributed by atoms with Crippen LogP contribution in [0.4, 0.5) is 5.69 Å². The van der Waals surface area contributed by atoms with Crippen molar-refractivity contribution >= 4 is 17.3 Å². The molecule has 0 aliphatic rings. The Labute approximate surface area is 98.8 Å². The third kappa shape index (κ3) is 2.44. The van der Waals surface area contributed by atoms with Gasteiger partial charge in [-0.05, 0) is 31.2 Å². The standard InChI is InChI=1S/C12H11ClN2O/c1-8-5-10(14)7-15-12(8)16-11-4-2-3-9(13)6-11/h2-7H,14H2,1H3. The molecule has 0 atom stereocenters. The zero-order valence-electron chi connectivity index (χ0n) is 8.77. The normalized spacial score (nSPS) is 10.1. The van der Waals surface area contributed by atoms with Gasteiger partial charge < -0.3 is 10.5 Å². The number of nitrogen functional groups attached to an aromatic ring is 1. The predicted octanol–water partition coefficient (Wildman–Crippen LogP) is 3.42. The molecule has 0 aliphatic carbocycles. The molecule has 0 fully saturated rings. The minimum absolute atomic E-state index is 0.538. The topological polar surface area (TPSA) is 48.1 Å². The number of rotatable bonds is 2. The first-order valence-corrected chi connectivity index (χ1v) is 5.18. The van der Waals surface area contributed by atoms with Crippen LogP contribution < -0.4 is 10.5 Å². The highest BCUT2D eigenvalue weighted by atomic mass is 35.5. The molecule has 3 nitrogen and oxygen atoms in total. The smallest absolute Gasteiger partial charge is 0.222 e. The Morgan fingerprint density at radius 2 is 2.12 bits per heavy atom. The molecule has 4 heteroatoms. The predicted molar refractivity (Wildman–Crippen MR) is 64.9 cm³/mol. The van der Waals surface area contributed by atoms with Crippen molar-refractivity contribution in [3.63, 3.8) is 0 Å². The van der Waals surface area contributed by atoms with Crippen molar-refractivity contribution < 1.29 is 4.74 Å². The van der Waals surface area contributed by atoms with E-state index in [1.807, 2.05) is 25.1 Å². The molecule has 2 aromatic rings. The second kappa shape index (κ2) is 4.41. The van der Waals surface area contributed by atoms with E-state index in [1.54, 1.807) is 18.3 Å². The zero-order valence-corrected chi connectivity index (χ0v) is 9.53. The molecule has 0 unspecified atom stereocenters. The van der Waals surface area contributed by atoms with Crippen LogP contribution in [0.1, 0.15) is 5.56 Å². The quantitative estimate of drug-likeness (QED) is 0.866. The van der Waals surface area contributed by atoms with Gasteiger partial charge in [0.05, 0.1) is 11.9 Å². The first-order chi connectivity index (χ1) is 7.65. The molecule has 2 N–H and O–H groups in total. The number of hydrogen-bond donors (Lipinski definition) is 1. The third-order valence-electron chi connectivity index (χ3n) is 2.06. The molecule has 1 aromatic carbocycles. The van der Waals surface area contributed by atoms with Crippen LogP contribution in [-0.4, -0.2) is 4.98 Å². The molecule has 82 valence electrons. The minimum Gasteiger partial charge on any atom is -0.439 e. The number of pyridine rings is 1. The second-order valence-corrected chi connectivity index (χ2v) is 3.89. The summed E-state index contributed by atoms with van der Waals surface area (Å²) in [4.78, 5) is 4.11. The highest BCUT2D eigenvalue weighted by molar-refractivity contribution is 6.30. The number of aryl methyl sites for hydroxylation is 1. The van der Waals surface area contributed by atoms with Gasteiger partial charge >= 0.3 is 0 Å². The number of ether oxygens (including phenoxy) is 1. The number of anilines is 1. The summed E-state index contributed by atoms with van der Waals surface area (Å²) in [5.41, 5.74) is 7.12. The molecule has 1 aromatic heterocycles. The minimum atomic E-state index is 0.538. The molecule has 0 aliphatic heterocycles. The highest BCUT2D eigenvalue weighted by Gasteiger charge is 2.03. The molecule has 0 spiro atoms. The maximum atomic E-state index is 5.86. The average molecular weight is 235 g/mol. The average Bonchev–Trinajstić information content (AvgIpc) is 2.22. The number of nitrogens with two attached hydrogens (primary N) is 1. The van der Waals surface area contributed by atoms with Gasteiger partial charge in [0.15, 0.2) is 0 Å². The van der Waals surface area contributed by atoms with Gasteiger partial charge in [0.25, 0.3) is 0 Å². The number of benzene rings is 1. The Bertz CT molecular complexity index is 514. The number of aromatic nitrogens is 1. The number of hydrogen-bond acceptors (Lipinski definition) is 3. The lowest BCUT2D eigenvalue weighted by atomic mass is 10.3. The molecule has 0 bridgehead atoms. The molecular formula is C12H11ClN2O. The maximum Gasteiger partial charge on any atom is 0.222 e. The van der Waals surface area contributed by atoms with E-state index >= 15 is 0 Å². The fourth-order valence-corrected chi connectivity index (χ4v) is 1.51. The van der Waals surface area contributed by atoms with Crippen molar-refractivity contribution in [2.45, 2.75) is 6.92 Å². The molecule has 0 saturated carbocycles. The van der Waals surface area contributed by atoms with Crippen LogP contribution >= 0.6 is 11.6 Å². The largest absolute Gasteiger partial charge is 0.439 e. The Hall–Kier alpha value is -1.74. The van der Waals surface area contributed by atoms with Gasteiger partial charge in [-0.1, -0.05) is 17.7 Å². The fraction of sp³-hybridized carbons (Fsp3) is 0.0833. The third-order valence-corrected chi connectivity index (χ3v) is 2.30. The Morgan fingerprint density at radius 1 is 1.31 bits per heavy atom. The summed E-state index contributed by atoms with van der Waals surface area (Å²) >= 11 is 5.86. The van der Waals surface area contributed by atoms with Gasteiger partial charge in [0.1, 0.15) is 5.75 Å². The second-order valence-electron chi connectivity index (χ2n) is 3.45. The van der Waals surface area contributed by atoms with Crippen LogP contribution in [0.5, 0.6) is 11.6 Å². The SMILES string of the molecule is Cc1cc(N)cnc1Oc1cccc(Cl)c1. The van der Waals surface area contributed by atoms with Crippen LogP contribution in [0.25, 0.3) is 0 Å². The van der Waals surface area contributed by atoms with Crippen molar-refractivity contribution in [1.82, 2.24) is 4.98 Å². The van der Waals surface area contributed by atoms with E-state index in [0.29, 0.717) is 22.3 Å². The maximum absolute atomic E-state index is 5.86. The van der Waals surface area contributed by atoms with Gasteiger partial charge in [0, 0.05) is 10.6 Å². The van der Waals surface area contributed by atoms with E-state index in [2.05, 4.69) is 4.98 Å². The van der Waals surface area contributed by atoms with E-state index in [0.717, 1.165) is 5.56 Å². The molecule has 0 saturated heterocycles. The van der Waals surface area contributed by atoms with Crippen molar-refractivity contribution in [2.24, 2.45) is 0 Å². The first kappa shape index (κ1) is 10.8. The van der Waals surface area contributed by atoms with Crippen LogP contribution in [-0.2, 0) is 0 Å². The van der Waals surface area contributed by atoms with Gasteiger partial charge in [-0.15, -0.1) is 0 Å². The summed E-state index contributed by atoms with van der Waals surface area (Å²) in [6.07, 6.45) is 1.56. The van der Waals surface area contributed by atoms with Gasteiger partial charge in [-0.3, -0.25) is 0 Å². The molecule has 0 radical (unpaired) electrons. The summed E-state index contributed by atoms with van der Waals surface area (Å²) in [7, 11) is 0. The molecule has 2 rings (SSSR count). The van der Waals surface area contributed by atoms with Crippen LogP contribution in [0.2, 0.25) is 5.02 Å². The van der Waals surface area contributed by atoms with Crippen molar-refractivity contribution in [2.75, 3.05) is 5.73 Å². The lowest BCUT2D eigenvalue weighted by Crippen LogP contribution is -1.93. The lowest BCUT2D eigenvalue weighted by molar-refractivity contribution is 0.459. The summed E-state index contributed by atoms with van der Waals surface area (Å²) < 4.78 is 5.59. The molecular weight excluding hydrogens is 224 g/mol. The summed E-state index contributed by atoms with van der Waals surface area (Å²) in [5.74, 6) is 1.20. The fourth-order valence-electron chi connectivity index (χ4n) is 1.33. The molecule has 16 heavy (non-hydrogen) atoms. The van der Waals surface area contributed by atoms with Crippen LogP contribution in [0.15, 0.2) is 36.5 Å². The van der Waals surface area contributed by atoms with E-state index in [9.17, 15) is 0 Å². The van der Waals surface area contributed by atoms with Gasteiger partial charge in [0.2, 0.25) is 5.88 Å². The van der Waals surface area contributed by atoms with Crippen molar-refractivity contribution in [3.8, 4) is 11.6 Å². The van der Waals surface area contributed by atoms with Crippen LogP contribution in [0.3, 0.4) is 0 Å². The van der Waals surface area contributed by atoms with Crippen molar-refractivity contribution in [1.29, 1.82) is 0 Å². The zero-order chi connectivity index (χ0) is 11.5. The highest BCUT2D eigenvalue weighted by Crippen LogP contribution is 2.25. The van der Waals surface area contributed by atoms with E-state index in [-0.39, 0.29) is 0 Å². The molecule has 0 amide bonds.